The summed E-state index contributed by atoms with van der Waals surface area (Å²) in [6, 6.07) is 1.98. The van der Waals surface area contributed by atoms with Gasteiger partial charge in [0.2, 0.25) is 0 Å². The zero-order valence-corrected chi connectivity index (χ0v) is 12.7. The van der Waals surface area contributed by atoms with Gasteiger partial charge in [-0.3, -0.25) is 4.90 Å². The maximum absolute atomic E-state index is 4.55. The van der Waals surface area contributed by atoms with Crippen molar-refractivity contribution < 1.29 is 0 Å². The highest BCUT2D eigenvalue weighted by Crippen LogP contribution is 2.37. The third-order valence-corrected chi connectivity index (χ3v) is 4.54. The molecule has 1 aromatic heterocycles. The second-order valence-electron chi connectivity index (χ2n) is 5.73. The summed E-state index contributed by atoms with van der Waals surface area (Å²) >= 11 is 0. The predicted octanol–water partition coefficient (Wildman–Crippen LogP) is 2.84. The highest BCUT2D eigenvalue weighted by Gasteiger charge is 2.34. The Morgan fingerprint density at radius 3 is 2.63 bits per heavy atom. The molecule has 19 heavy (non-hydrogen) atoms. The van der Waals surface area contributed by atoms with Gasteiger partial charge in [0, 0.05) is 25.4 Å². The average Bonchev–Trinajstić information content (AvgIpc) is 2.82. The predicted molar refractivity (Wildman–Crippen MR) is 79.2 cm³/mol. The number of hydrogen-bond acceptors (Lipinski definition) is 4. The zero-order valence-electron chi connectivity index (χ0n) is 12.7. The lowest BCUT2D eigenvalue weighted by Crippen LogP contribution is -2.26. The Balaban J connectivity index is 2.05. The van der Waals surface area contributed by atoms with Gasteiger partial charge >= 0.3 is 0 Å². The van der Waals surface area contributed by atoms with Gasteiger partial charge in [0.15, 0.2) is 0 Å². The van der Waals surface area contributed by atoms with Crippen molar-refractivity contribution in [1.29, 1.82) is 0 Å². The van der Waals surface area contributed by atoms with Gasteiger partial charge in [-0.05, 0) is 38.1 Å². The minimum atomic E-state index is 0.523. The first kappa shape index (κ1) is 14.3. The van der Waals surface area contributed by atoms with Crippen LogP contribution in [0.25, 0.3) is 0 Å². The second kappa shape index (κ2) is 5.87. The Kier molecular flexibility index (Phi) is 4.40. The van der Waals surface area contributed by atoms with Crippen molar-refractivity contribution >= 4 is 5.82 Å². The molecule has 0 saturated carbocycles. The van der Waals surface area contributed by atoms with Crippen molar-refractivity contribution in [2.45, 2.75) is 46.6 Å². The molecule has 0 bridgehead atoms. The van der Waals surface area contributed by atoms with E-state index in [0.29, 0.717) is 5.41 Å². The first-order chi connectivity index (χ1) is 9.10. The van der Waals surface area contributed by atoms with Crippen LogP contribution in [0, 0.1) is 12.3 Å². The van der Waals surface area contributed by atoms with Crippen molar-refractivity contribution in [2.24, 2.45) is 5.41 Å². The van der Waals surface area contributed by atoms with E-state index < -0.39 is 0 Å². The SMILES string of the molecule is CCC1(CC)CCN(Cc2nc(C)cc(NC)n2)C1. The molecule has 1 aliphatic rings. The Bertz CT molecular complexity index is 426. The van der Waals surface area contributed by atoms with E-state index in [1.807, 2.05) is 20.0 Å². The molecule has 1 fully saturated rings. The normalized spacial score (nSPS) is 18.7. The van der Waals surface area contributed by atoms with Crippen LogP contribution in [0.15, 0.2) is 6.07 Å². The average molecular weight is 262 g/mol. The van der Waals surface area contributed by atoms with Gasteiger partial charge in [-0.25, -0.2) is 9.97 Å². The van der Waals surface area contributed by atoms with Gasteiger partial charge in [-0.2, -0.15) is 0 Å². The molecule has 1 aliphatic heterocycles. The third kappa shape index (κ3) is 3.24. The van der Waals surface area contributed by atoms with Crippen LogP contribution in [0.3, 0.4) is 0 Å². The fraction of sp³-hybridized carbons (Fsp3) is 0.733. The summed E-state index contributed by atoms with van der Waals surface area (Å²) < 4.78 is 0. The van der Waals surface area contributed by atoms with Crippen LogP contribution in [-0.2, 0) is 6.54 Å². The first-order valence-electron chi connectivity index (χ1n) is 7.35. The van der Waals surface area contributed by atoms with Gasteiger partial charge < -0.3 is 5.32 Å². The Morgan fingerprint density at radius 2 is 2.05 bits per heavy atom. The molecule has 1 N–H and O–H groups in total. The minimum Gasteiger partial charge on any atom is -0.373 e. The number of hydrogen-bond donors (Lipinski definition) is 1. The van der Waals surface area contributed by atoms with Crippen molar-refractivity contribution in [3.8, 4) is 0 Å². The van der Waals surface area contributed by atoms with E-state index in [1.165, 1.54) is 32.4 Å². The summed E-state index contributed by atoms with van der Waals surface area (Å²) in [5, 5.41) is 3.10. The molecule has 0 aromatic carbocycles. The van der Waals surface area contributed by atoms with E-state index in [9.17, 15) is 0 Å². The summed E-state index contributed by atoms with van der Waals surface area (Å²) in [5.41, 5.74) is 1.56. The maximum Gasteiger partial charge on any atom is 0.144 e. The Hall–Kier alpha value is -1.16. The number of nitrogens with one attached hydrogen (secondary N) is 1. The lowest BCUT2D eigenvalue weighted by atomic mass is 9.82. The Labute approximate surface area is 116 Å². The zero-order chi connectivity index (χ0) is 13.9. The van der Waals surface area contributed by atoms with Crippen LogP contribution in [0.2, 0.25) is 0 Å². The van der Waals surface area contributed by atoms with Gasteiger partial charge in [0.05, 0.1) is 6.54 Å². The topological polar surface area (TPSA) is 41.1 Å². The van der Waals surface area contributed by atoms with Crippen LogP contribution in [-0.4, -0.2) is 35.0 Å². The molecular weight excluding hydrogens is 236 g/mol. The second-order valence-corrected chi connectivity index (χ2v) is 5.73. The van der Waals surface area contributed by atoms with E-state index in [2.05, 4.69) is 34.0 Å². The van der Waals surface area contributed by atoms with E-state index in [-0.39, 0.29) is 0 Å². The molecule has 0 amide bonds. The fourth-order valence-electron chi connectivity index (χ4n) is 3.02. The molecule has 0 spiro atoms. The molecule has 0 aliphatic carbocycles. The highest BCUT2D eigenvalue weighted by atomic mass is 15.2. The Morgan fingerprint density at radius 1 is 1.32 bits per heavy atom. The molecule has 2 heterocycles. The molecule has 1 aromatic rings. The largest absolute Gasteiger partial charge is 0.373 e. The monoisotopic (exact) mass is 262 g/mol. The smallest absolute Gasteiger partial charge is 0.144 e. The standard InChI is InChI=1S/C15H26N4/c1-5-15(6-2)7-8-19(11-15)10-14-17-12(3)9-13(16-4)18-14/h9H,5-8,10-11H2,1-4H3,(H,16,17,18). The molecule has 2 rings (SSSR count). The van der Waals surface area contributed by atoms with Gasteiger partial charge in [0.25, 0.3) is 0 Å². The quantitative estimate of drug-likeness (QED) is 0.886. The number of aromatic nitrogens is 2. The number of aryl methyl sites for hydroxylation is 1. The van der Waals surface area contributed by atoms with Gasteiger partial charge in [-0.15, -0.1) is 0 Å². The lowest BCUT2D eigenvalue weighted by molar-refractivity contribution is 0.233. The first-order valence-corrected chi connectivity index (χ1v) is 7.35. The van der Waals surface area contributed by atoms with Crippen LogP contribution in [0.4, 0.5) is 5.82 Å². The minimum absolute atomic E-state index is 0.523. The summed E-state index contributed by atoms with van der Waals surface area (Å²) in [5.74, 6) is 1.85. The van der Waals surface area contributed by atoms with Gasteiger partial charge in [-0.1, -0.05) is 13.8 Å². The molecule has 0 unspecified atom stereocenters. The number of likely N-dealkylation sites (tertiary alicyclic amines) is 1. The van der Waals surface area contributed by atoms with Crippen molar-refractivity contribution in [2.75, 3.05) is 25.5 Å². The summed E-state index contributed by atoms with van der Waals surface area (Å²) in [6.45, 7) is 9.89. The van der Waals surface area contributed by atoms with E-state index in [0.717, 1.165) is 23.9 Å². The lowest BCUT2D eigenvalue weighted by Gasteiger charge is -2.26. The van der Waals surface area contributed by atoms with E-state index in [1.54, 1.807) is 0 Å². The summed E-state index contributed by atoms with van der Waals surface area (Å²) in [6.07, 6.45) is 3.86. The molecule has 1 saturated heterocycles. The van der Waals surface area contributed by atoms with Crippen LogP contribution >= 0.6 is 0 Å². The van der Waals surface area contributed by atoms with Crippen LogP contribution in [0.1, 0.15) is 44.6 Å². The van der Waals surface area contributed by atoms with Crippen molar-refractivity contribution in [1.82, 2.24) is 14.9 Å². The number of rotatable bonds is 5. The molecular formula is C15H26N4. The number of anilines is 1. The van der Waals surface area contributed by atoms with Gasteiger partial charge in [0.1, 0.15) is 11.6 Å². The molecule has 4 nitrogen and oxygen atoms in total. The third-order valence-electron chi connectivity index (χ3n) is 4.54. The van der Waals surface area contributed by atoms with E-state index in [4.69, 9.17) is 0 Å². The van der Waals surface area contributed by atoms with Crippen molar-refractivity contribution in [3.05, 3.63) is 17.6 Å². The highest BCUT2D eigenvalue weighted by molar-refractivity contribution is 5.34. The van der Waals surface area contributed by atoms with Crippen LogP contribution < -0.4 is 5.32 Å². The molecule has 0 atom stereocenters. The van der Waals surface area contributed by atoms with E-state index >= 15 is 0 Å². The fourth-order valence-corrected chi connectivity index (χ4v) is 3.02. The van der Waals surface area contributed by atoms with Crippen LogP contribution in [0.5, 0.6) is 0 Å². The summed E-state index contributed by atoms with van der Waals surface area (Å²) in [7, 11) is 1.90. The molecule has 4 heteroatoms. The summed E-state index contributed by atoms with van der Waals surface area (Å²) in [4.78, 5) is 11.6. The maximum atomic E-state index is 4.55. The van der Waals surface area contributed by atoms with Crippen molar-refractivity contribution in [3.63, 3.8) is 0 Å². The molecule has 106 valence electrons. The number of nitrogens with zero attached hydrogens (tertiary/aromatic N) is 3. The molecule has 0 radical (unpaired) electrons.